The Hall–Kier alpha value is -1.38. The van der Waals surface area contributed by atoms with Gasteiger partial charge < -0.3 is 10.6 Å². The fraction of sp³-hybridized carbons (Fsp3) is 0.500. The first-order chi connectivity index (χ1) is 7.70. The van der Waals surface area contributed by atoms with E-state index in [4.69, 9.17) is 22.6 Å². The Bertz CT molecular complexity index is 428. The Kier molecular flexibility index (Phi) is 3.22. The number of halogens is 1. The van der Waals surface area contributed by atoms with Gasteiger partial charge in [0.2, 0.25) is 0 Å². The van der Waals surface area contributed by atoms with Crippen molar-refractivity contribution >= 4 is 17.4 Å². The van der Waals surface area contributed by atoms with E-state index >= 15 is 0 Å². The van der Waals surface area contributed by atoms with E-state index in [0.717, 1.165) is 25.9 Å². The lowest BCUT2D eigenvalue weighted by Gasteiger charge is -2.31. The summed E-state index contributed by atoms with van der Waals surface area (Å²) in [4.78, 5) is 10.2. The minimum Gasteiger partial charge on any atom is -0.354 e. The molecule has 0 saturated carbocycles. The molecule has 1 saturated heterocycles. The highest BCUT2D eigenvalue weighted by molar-refractivity contribution is 6.30. The lowest BCUT2D eigenvalue weighted by molar-refractivity contribution is 0.503. The molecule has 1 fully saturated rings. The number of hydrogen-bond donors (Lipinski definition) is 1. The molecule has 2 heterocycles. The second kappa shape index (κ2) is 4.64. The van der Waals surface area contributed by atoms with Crippen molar-refractivity contribution in [2.24, 2.45) is 5.73 Å². The second-order valence-corrected chi connectivity index (χ2v) is 4.19. The Labute approximate surface area is 98.9 Å². The Morgan fingerprint density at radius 1 is 1.62 bits per heavy atom. The standard InChI is InChI=1S/C10H12ClN5/c11-10-8(4-12)14-5-9(15-10)16-3-1-2-7(13)6-16/h5,7H,1-3,6,13H2. The zero-order chi connectivity index (χ0) is 11.5. The third-order valence-electron chi connectivity index (χ3n) is 2.60. The molecular formula is C10H12ClN5. The van der Waals surface area contributed by atoms with E-state index in [1.165, 1.54) is 0 Å². The van der Waals surface area contributed by atoms with Gasteiger partial charge in [-0.05, 0) is 12.8 Å². The van der Waals surface area contributed by atoms with Crippen LogP contribution in [-0.2, 0) is 0 Å². The zero-order valence-electron chi connectivity index (χ0n) is 8.73. The Morgan fingerprint density at radius 3 is 3.06 bits per heavy atom. The molecule has 0 bridgehead atoms. The molecule has 0 aliphatic carbocycles. The molecule has 0 aromatic carbocycles. The smallest absolute Gasteiger partial charge is 0.178 e. The van der Waals surface area contributed by atoms with Crippen LogP contribution >= 0.6 is 11.6 Å². The Morgan fingerprint density at radius 2 is 2.44 bits per heavy atom. The van der Waals surface area contributed by atoms with Crippen molar-refractivity contribution in [1.82, 2.24) is 9.97 Å². The number of aromatic nitrogens is 2. The molecule has 6 heteroatoms. The molecule has 1 atom stereocenters. The van der Waals surface area contributed by atoms with Gasteiger partial charge in [-0.1, -0.05) is 11.6 Å². The van der Waals surface area contributed by atoms with Gasteiger partial charge in [-0.2, -0.15) is 5.26 Å². The van der Waals surface area contributed by atoms with E-state index < -0.39 is 0 Å². The SMILES string of the molecule is N#Cc1ncc(N2CCCC(N)C2)nc1Cl. The van der Waals surface area contributed by atoms with Crippen LogP contribution in [0.3, 0.4) is 0 Å². The molecule has 1 aliphatic heterocycles. The molecule has 5 nitrogen and oxygen atoms in total. The summed E-state index contributed by atoms with van der Waals surface area (Å²) < 4.78 is 0. The third kappa shape index (κ3) is 2.23. The van der Waals surface area contributed by atoms with Crippen molar-refractivity contribution in [3.05, 3.63) is 17.0 Å². The molecule has 0 radical (unpaired) electrons. The lowest BCUT2D eigenvalue weighted by atomic mass is 10.1. The number of rotatable bonds is 1. The largest absolute Gasteiger partial charge is 0.354 e. The van der Waals surface area contributed by atoms with Crippen LogP contribution in [0.15, 0.2) is 6.20 Å². The predicted molar refractivity (Wildman–Crippen MR) is 61.2 cm³/mol. The van der Waals surface area contributed by atoms with Gasteiger partial charge in [0.25, 0.3) is 0 Å². The quantitative estimate of drug-likeness (QED) is 0.786. The van der Waals surface area contributed by atoms with Gasteiger partial charge in [0.1, 0.15) is 11.9 Å². The molecule has 1 aromatic rings. The normalized spacial score (nSPS) is 20.6. The van der Waals surface area contributed by atoms with Gasteiger partial charge in [0.05, 0.1) is 6.20 Å². The number of nitriles is 1. The van der Waals surface area contributed by atoms with Crippen LogP contribution < -0.4 is 10.6 Å². The van der Waals surface area contributed by atoms with Crippen molar-refractivity contribution in [3.8, 4) is 6.07 Å². The monoisotopic (exact) mass is 237 g/mol. The second-order valence-electron chi connectivity index (χ2n) is 3.83. The van der Waals surface area contributed by atoms with Gasteiger partial charge in [0, 0.05) is 19.1 Å². The lowest BCUT2D eigenvalue weighted by Crippen LogP contribution is -2.43. The van der Waals surface area contributed by atoms with Crippen molar-refractivity contribution in [1.29, 1.82) is 5.26 Å². The first-order valence-electron chi connectivity index (χ1n) is 5.14. The summed E-state index contributed by atoms with van der Waals surface area (Å²) >= 11 is 5.83. The Balaban J connectivity index is 2.21. The summed E-state index contributed by atoms with van der Waals surface area (Å²) in [7, 11) is 0. The van der Waals surface area contributed by atoms with Gasteiger partial charge in [0.15, 0.2) is 10.8 Å². The average Bonchev–Trinajstić information content (AvgIpc) is 2.29. The highest BCUT2D eigenvalue weighted by Gasteiger charge is 2.18. The molecule has 0 amide bonds. The number of nitrogens with zero attached hydrogens (tertiary/aromatic N) is 4. The van der Waals surface area contributed by atoms with Crippen LogP contribution in [0.25, 0.3) is 0 Å². The van der Waals surface area contributed by atoms with Gasteiger partial charge in [-0.25, -0.2) is 9.97 Å². The maximum atomic E-state index is 8.69. The topological polar surface area (TPSA) is 78.8 Å². The molecule has 1 unspecified atom stereocenters. The fourth-order valence-corrected chi connectivity index (χ4v) is 1.98. The van der Waals surface area contributed by atoms with Crippen LogP contribution in [0.4, 0.5) is 5.82 Å². The van der Waals surface area contributed by atoms with E-state index in [2.05, 4.69) is 9.97 Å². The molecule has 0 spiro atoms. The summed E-state index contributed by atoms with van der Waals surface area (Å²) in [5.41, 5.74) is 6.04. The van der Waals surface area contributed by atoms with Crippen LogP contribution in [-0.4, -0.2) is 29.1 Å². The predicted octanol–water partition coefficient (Wildman–Crippen LogP) is 0.929. The minimum absolute atomic E-state index is 0.152. The summed E-state index contributed by atoms with van der Waals surface area (Å²) in [5.74, 6) is 0.694. The average molecular weight is 238 g/mol. The number of piperidine rings is 1. The third-order valence-corrected chi connectivity index (χ3v) is 2.87. The summed E-state index contributed by atoms with van der Waals surface area (Å²) in [6.07, 6.45) is 3.65. The van der Waals surface area contributed by atoms with Crippen molar-refractivity contribution < 1.29 is 0 Å². The van der Waals surface area contributed by atoms with E-state index in [9.17, 15) is 0 Å². The van der Waals surface area contributed by atoms with Gasteiger partial charge in [-0.15, -0.1) is 0 Å². The van der Waals surface area contributed by atoms with Crippen LogP contribution in [0.5, 0.6) is 0 Å². The molecule has 2 N–H and O–H groups in total. The van der Waals surface area contributed by atoms with E-state index in [1.807, 2.05) is 11.0 Å². The van der Waals surface area contributed by atoms with Crippen molar-refractivity contribution in [3.63, 3.8) is 0 Å². The summed E-state index contributed by atoms with van der Waals surface area (Å²) in [6, 6.07) is 2.06. The van der Waals surface area contributed by atoms with Crippen LogP contribution in [0.2, 0.25) is 5.15 Å². The minimum atomic E-state index is 0.152. The van der Waals surface area contributed by atoms with E-state index in [1.54, 1.807) is 6.20 Å². The molecule has 1 aliphatic rings. The molecule has 16 heavy (non-hydrogen) atoms. The molecule has 1 aromatic heterocycles. The van der Waals surface area contributed by atoms with E-state index in [-0.39, 0.29) is 16.9 Å². The van der Waals surface area contributed by atoms with Gasteiger partial charge >= 0.3 is 0 Å². The molecule has 2 rings (SSSR count). The number of nitrogens with two attached hydrogens (primary N) is 1. The first kappa shape index (κ1) is 11.1. The summed E-state index contributed by atoms with van der Waals surface area (Å²) in [5, 5.41) is 8.84. The maximum Gasteiger partial charge on any atom is 0.178 e. The molecular weight excluding hydrogens is 226 g/mol. The van der Waals surface area contributed by atoms with E-state index in [0.29, 0.717) is 5.82 Å². The number of hydrogen-bond acceptors (Lipinski definition) is 5. The highest BCUT2D eigenvalue weighted by Crippen LogP contribution is 2.19. The number of anilines is 1. The zero-order valence-corrected chi connectivity index (χ0v) is 9.48. The van der Waals surface area contributed by atoms with Crippen LogP contribution in [0.1, 0.15) is 18.5 Å². The van der Waals surface area contributed by atoms with Crippen molar-refractivity contribution in [2.75, 3.05) is 18.0 Å². The maximum absolute atomic E-state index is 8.69. The first-order valence-corrected chi connectivity index (χ1v) is 5.51. The van der Waals surface area contributed by atoms with Crippen molar-refractivity contribution in [2.45, 2.75) is 18.9 Å². The summed E-state index contributed by atoms with van der Waals surface area (Å²) in [6.45, 7) is 1.67. The molecule has 84 valence electrons. The van der Waals surface area contributed by atoms with Gasteiger partial charge in [-0.3, -0.25) is 0 Å². The fourth-order valence-electron chi connectivity index (χ4n) is 1.80. The van der Waals surface area contributed by atoms with Crippen LogP contribution in [0, 0.1) is 11.3 Å². The highest BCUT2D eigenvalue weighted by atomic mass is 35.5.